The van der Waals surface area contributed by atoms with Gasteiger partial charge in [0.2, 0.25) is 0 Å². The third kappa shape index (κ3) is 5.44. The van der Waals surface area contributed by atoms with Crippen molar-refractivity contribution < 1.29 is 58.7 Å². The van der Waals surface area contributed by atoms with E-state index in [4.69, 9.17) is 29.9 Å². The Balaban J connectivity index is 2.08. The number of carbonyl (C=O) groups excluding carboxylic acids is 2. The van der Waals surface area contributed by atoms with Gasteiger partial charge in [0.1, 0.15) is 13.2 Å². The Morgan fingerprint density at radius 2 is 0.875 bits per heavy atom. The molecule has 0 fully saturated rings. The SMILES string of the molecule is O=C(O)c1ccc(C(=O)O)c(C(=O)OCCOC(=O)c2cc(C(=O)O)ccc2C(=O)O)c1. The van der Waals surface area contributed by atoms with Crippen LogP contribution in [0.5, 0.6) is 0 Å². The minimum Gasteiger partial charge on any atom is -0.478 e. The van der Waals surface area contributed by atoms with E-state index < -0.39 is 71.3 Å². The summed E-state index contributed by atoms with van der Waals surface area (Å²) in [5.74, 6) is -8.19. The fraction of sp³-hybridized carbons (Fsp3) is 0.100. The molecule has 4 N–H and O–H groups in total. The molecule has 12 nitrogen and oxygen atoms in total. The lowest BCUT2D eigenvalue weighted by Gasteiger charge is -2.10. The Hall–Kier alpha value is -4.74. The summed E-state index contributed by atoms with van der Waals surface area (Å²) in [6.45, 7) is -1.16. The van der Waals surface area contributed by atoms with E-state index in [1.807, 2.05) is 0 Å². The second-order valence-electron chi connectivity index (χ2n) is 6.01. The van der Waals surface area contributed by atoms with Crippen molar-refractivity contribution in [2.45, 2.75) is 0 Å². The highest BCUT2D eigenvalue weighted by molar-refractivity contribution is 6.05. The van der Waals surface area contributed by atoms with Crippen LogP contribution in [0.4, 0.5) is 0 Å². The second kappa shape index (κ2) is 9.84. The lowest BCUT2D eigenvalue weighted by molar-refractivity contribution is 0.0262. The average molecular weight is 446 g/mol. The van der Waals surface area contributed by atoms with Gasteiger partial charge < -0.3 is 29.9 Å². The average Bonchev–Trinajstić information content (AvgIpc) is 2.75. The molecule has 0 spiro atoms. The summed E-state index contributed by atoms with van der Waals surface area (Å²) >= 11 is 0. The number of esters is 2. The van der Waals surface area contributed by atoms with Crippen molar-refractivity contribution in [3.05, 3.63) is 69.8 Å². The quantitative estimate of drug-likeness (QED) is 0.320. The number of carbonyl (C=O) groups is 6. The molecule has 2 rings (SSSR count). The monoisotopic (exact) mass is 446 g/mol. The van der Waals surface area contributed by atoms with Crippen LogP contribution in [-0.4, -0.2) is 69.5 Å². The van der Waals surface area contributed by atoms with Crippen LogP contribution in [0.25, 0.3) is 0 Å². The van der Waals surface area contributed by atoms with Crippen LogP contribution in [0.15, 0.2) is 36.4 Å². The summed E-state index contributed by atoms with van der Waals surface area (Å²) in [6, 6.07) is 5.47. The molecule has 2 aromatic rings. The van der Waals surface area contributed by atoms with Crippen molar-refractivity contribution in [2.75, 3.05) is 13.2 Å². The molecule has 0 unspecified atom stereocenters. The first-order valence-electron chi connectivity index (χ1n) is 8.58. The number of ether oxygens (including phenoxy) is 2. The molecular formula is C20H14O12. The third-order valence-corrected chi connectivity index (χ3v) is 3.98. The maximum atomic E-state index is 12.2. The van der Waals surface area contributed by atoms with Crippen LogP contribution in [0.1, 0.15) is 62.1 Å². The molecule has 0 aliphatic heterocycles. The van der Waals surface area contributed by atoms with Crippen LogP contribution in [-0.2, 0) is 9.47 Å². The molecule has 0 radical (unpaired) electrons. The predicted octanol–water partition coefficient (Wildman–Crippen LogP) is 1.49. The largest absolute Gasteiger partial charge is 0.478 e. The van der Waals surface area contributed by atoms with Gasteiger partial charge >= 0.3 is 35.8 Å². The number of rotatable bonds is 9. The molecule has 0 amide bonds. The Labute approximate surface area is 178 Å². The van der Waals surface area contributed by atoms with Crippen molar-refractivity contribution in [3.63, 3.8) is 0 Å². The van der Waals surface area contributed by atoms with E-state index in [0.717, 1.165) is 36.4 Å². The number of aromatic carboxylic acids is 4. The number of hydrogen-bond acceptors (Lipinski definition) is 8. The lowest BCUT2D eigenvalue weighted by Crippen LogP contribution is -2.18. The molecule has 0 heterocycles. The van der Waals surface area contributed by atoms with Crippen LogP contribution >= 0.6 is 0 Å². The molecule has 0 atom stereocenters. The maximum absolute atomic E-state index is 12.2. The van der Waals surface area contributed by atoms with Crippen molar-refractivity contribution >= 4 is 35.8 Å². The van der Waals surface area contributed by atoms with Crippen molar-refractivity contribution in [1.82, 2.24) is 0 Å². The zero-order chi connectivity index (χ0) is 24.0. The first kappa shape index (κ1) is 23.5. The van der Waals surface area contributed by atoms with Gasteiger partial charge in [-0.2, -0.15) is 0 Å². The van der Waals surface area contributed by atoms with E-state index in [1.54, 1.807) is 0 Å². The van der Waals surface area contributed by atoms with Gasteiger partial charge in [0.05, 0.1) is 33.4 Å². The minimum atomic E-state index is -1.50. The fourth-order valence-corrected chi connectivity index (χ4v) is 2.49. The number of hydrogen-bond donors (Lipinski definition) is 4. The number of carboxylic acid groups (broad SMARTS) is 4. The molecule has 0 saturated carbocycles. The van der Waals surface area contributed by atoms with E-state index in [2.05, 4.69) is 0 Å². The summed E-state index contributed by atoms with van der Waals surface area (Å²) in [5.41, 5.74) is -2.79. The van der Waals surface area contributed by atoms with Crippen LogP contribution in [0, 0.1) is 0 Å². The van der Waals surface area contributed by atoms with Crippen molar-refractivity contribution in [1.29, 1.82) is 0 Å². The fourth-order valence-electron chi connectivity index (χ4n) is 2.49. The minimum absolute atomic E-state index is 0.354. The standard InChI is InChI=1S/C20H14O12/c21-15(22)9-1-3-11(17(25)26)13(7-9)19(29)31-5-6-32-20(30)14-8-10(16(23)24)2-4-12(14)18(27)28/h1-4,7-8H,5-6H2,(H,21,22)(H,23,24)(H,25,26)(H,27,28). The highest BCUT2D eigenvalue weighted by Crippen LogP contribution is 2.16. The molecule has 0 aliphatic carbocycles. The van der Waals surface area contributed by atoms with Gasteiger partial charge in [0.15, 0.2) is 0 Å². The molecule has 12 heteroatoms. The summed E-state index contributed by atoms with van der Waals surface area (Å²) in [5, 5.41) is 36.2. The highest BCUT2D eigenvalue weighted by atomic mass is 16.6. The van der Waals surface area contributed by atoms with Gasteiger partial charge in [-0.15, -0.1) is 0 Å². The zero-order valence-corrected chi connectivity index (χ0v) is 15.9. The molecule has 166 valence electrons. The number of benzene rings is 2. The van der Waals surface area contributed by atoms with Crippen molar-refractivity contribution in [3.8, 4) is 0 Å². The smallest absolute Gasteiger partial charge is 0.339 e. The normalized spacial score (nSPS) is 10.1. The molecule has 0 bridgehead atoms. The summed E-state index contributed by atoms with van der Waals surface area (Å²) < 4.78 is 9.59. The lowest BCUT2D eigenvalue weighted by atomic mass is 10.0. The first-order chi connectivity index (χ1) is 15.0. The summed E-state index contributed by atoms with van der Waals surface area (Å²) in [6.07, 6.45) is 0. The number of carboxylic acids is 4. The maximum Gasteiger partial charge on any atom is 0.339 e. The summed E-state index contributed by atoms with van der Waals surface area (Å²) in [7, 11) is 0. The van der Waals surface area contributed by atoms with Gasteiger partial charge in [-0.05, 0) is 36.4 Å². The molecule has 0 saturated heterocycles. The third-order valence-electron chi connectivity index (χ3n) is 3.98. The van der Waals surface area contributed by atoms with Crippen LogP contribution < -0.4 is 0 Å². The van der Waals surface area contributed by atoms with Crippen LogP contribution in [0.2, 0.25) is 0 Å². The molecule has 0 aliphatic rings. The van der Waals surface area contributed by atoms with Crippen molar-refractivity contribution in [2.24, 2.45) is 0 Å². The van der Waals surface area contributed by atoms with E-state index in [1.165, 1.54) is 0 Å². The Bertz CT molecular complexity index is 1040. The molecule has 2 aromatic carbocycles. The molecule has 0 aromatic heterocycles. The van der Waals surface area contributed by atoms with E-state index in [-0.39, 0.29) is 11.1 Å². The van der Waals surface area contributed by atoms with E-state index in [0.29, 0.717) is 0 Å². The van der Waals surface area contributed by atoms with Gasteiger partial charge in [-0.1, -0.05) is 0 Å². The van der Waals surface area contributed by atoms with E-state index in [9.17, 15) is 28.8 Å². The molecule has 32 heavy (non-hydrogen) atoms. The topological polar surface area (TPSA) is 202 Å². The summed E-state index contributed by atoms with van der Waals surface area (Å²) in [4.78, 5) is 68.8. The Morgan fingerprint density at radius 1 is 0.531 bits per heavy atom. The predicted molar refractivity (Wildman–Crippen MR) is 101 cm³/mol. The Kier molecular flexibility index (Phi) is 7.24. The molecular weight excluding hydrogens is 432 g/mol. The Morgan fingerprint density at radius 3 is 1.16 bits per heavy atom. The zero-order valence-electron chi connectivity index (χ0n) is 15.9. The van der Waals surface area contributed by atoms with E-state index >= 15 is 0 Å². The highest BCUT2D eigenvalue weighted by Gasteiger charge is 2.22. The van der Waals surface area contributed by atoms with Gasteiger partial charge in [0, 0.05) is 0 Å². The first-order valence-corrected chi connectivity index (χ1v) is 8.58. The van der Waals surface area contributed by atoms with Gasteiger partial charge in [-0.3, -0.25) is 0 Å². The van der Waals surface area contributed by atoms with Gasteiger partial charge in [0.25, 0.3) is 0 Å². The van der Waals surface area contributed by atoms with Crippen LogP contribution in [0.3, 0.4) is 0 Å². The second-order valence-corrected chi connectivity index (χ2v) is 6.01. The van der Waals surface area contributed by atoms with Gasteiger partial charge in [-0.25, -0.2) is 28.8 Å².